The first-order chi connectivity index (χ1) is 21.8. The molecular weight excluding hydrogens is 578 g/mol. The number of ether oxygens (including phenoxy) is 5. The first-order valence-electron chi connectivity index (χ1n) is 14.1. The minimum absolute atomic E-state index is 0.0914. The average molecular weight is 612 g/mol. The highest BCUT2D eigenvalue weighted by molar-refractivity contribution is 6.11. The lowest BCUT2D eigenvalue weighted by atomic mass is 9.98. The van der Waals surface area contributed by atoms with Gasteiger partial charge in [-0.25, -0.2) is 4.79 Å². The third-order valence-corrected chi connectivity index (χ3v) is 7.18. The number of anilines is 2. The van der Waals surface area contributed by atoms with Crippen LogP contribution in [0.25, 0.3) is 21.7 Å². The second-order valence-corrected chi connectivity index (χ2v) is 10.0. The first kappa shape index (κ1) is 30.7. The van der Waals surface area contributed by atoms with E-state index in [0.717, 1.165) is 21.9 Å². The number of amides is 2. The number of nitrogens with one attached hydrogen (secondary N) is 3. The number of H-pyrrole nitrogens is 1. The normalized spacial score (nSPS) is 10.8. The molecule has 0 atom stereocenters. The summed E-state index contributed by atoms with van der Waals surface area (Å²) in [5.41, 5.74) is 3.22. The lowest BCUT2D eigenvalue weighted by Crippen LogP contribution is -2.17. The van der Waals surface area contributed by atoms with E-state index in [2.05, 4.69) is 15.6 Å². The van der Waals surface area contributed by atoms with Crippen molar-refractivity contribution in [3.8, 4) is 17.2 Å². The highest BCUT2D eigenvalue weighted by atomic mass is 16.5. The zero-order chi connectivity index (χ0) is 31.9. The van der Waals surface area contributed by atoms with Crippen LogP contribution >= 0.6 is 0 Å². The highest BCUT2D eigenvalue weighted by Crippen LogP contribution is 2.43. The Morgan fingerprint density at radius 3 is 2.16 bits per heavy atom. The number of methoxy groups -OCH3 is 3. The Labute approximate surface area is 259 Å². The maximum atomic E-state index is 13.7. The fourth-order valence-corrected chi connectivity index (χ4v) is 5.14. The molecule has 0 saturated carbocycles. The molecule has 5 rings (SSSR count). The zero-order valence-electron chi connectivity index (χ0n) is 25.3. The number of carbonyl (C=O) groups is 3. The summed E-state index contributed by atoms with van der Waals surface area (Å²) in [5.74, 6) is 0.359. The Morgan fingerprint density at radius 2 is 1.47 bits per heavy atom. The van der Waals surface area contributed by atoms with Crippen LogP contribution in [0.4, 0.5) is 16.2 Å². The van der Waals surface area contributed by atoms with E-state index in [1.54, 1.807) is 18.2 Å². The van der Waals surface area contributed by atoms with E-state index in [1.807, 2.05) is 54.6 Å². The third kappa shape index (κ3) is 6.77. The van der Waals surface area contributed by atoms with Crippen LogP contribution in [0.5, 0.6) is 17.2 Å². The molecule has 45 heavy (non-hydrogen) atoms. The molecule has 11 nitrogen and oxygen atoms in total. The number of benzene rings is 4. The van der Waals surface area contributed by atoms with Crippen molar-refractivity contribution in [3.63, 3.8) is 0 Å². The van der Waals surface area contributed by atoms with Crippen LogP contribution < -0.4 is 24.8 Å². The molecule has 0 fully saturated rings. The van der Waals surface area contributed by atoms with Gasteiger partial charge >= 0.3 is 12.1 Å². The van der Waals surface area contributed by atoms with Crippen molar-refractivity contribution in [2.45, 2.75) is 20.0 Å². The second kappa shape index (κ2) is 13.7. The summed E-state index contributed by atoms with van der Waals surface area (Å²) in [6.45, 7) is 1.52. The van der Waals surface area contributed by atoms with Gasteiger partial charge in [0, 0.05) is 29.8 Å². The molecule has 1 heterocycles. The zero-order valence-corrected chi connectivity index (χ0v) is 25.3. The summed E-state index contributed by atoms with van der Waals surface area (Å²) < 4.78 is 27.2. The second-order valence-electron chi connectivity index (χ2n) is 10.0. The monoisotopic (exact) mass is 611 g/mol. The topological polar surface area (TPSA) is 137 Å². The number of esters is 1. The molecule has 0 radical (unpaired) electrons. The third-order valence-electron chi connectivity index (χ3n) is 7.18. The van der Waals surface area contributed by atoms with Gasteiger partial charge in [0.15, 0.2) is 11.5 Å². The molecule has 4 aromatic carbocycles. The number of aromatic amines is 1. The summed E-state index contributed by atoms with van der Waals surface area (Å²) in [4.78, 5) is 41.2. The smallest absolute Gasteiger partial charge is 0.411 e. The van der Waals surface area contributed by atoms with Gasteiger partial charge in [-0.2, -0.15) is 0 Å². The van der Waals surface area contributed by atoms with Crippen molar-refractivity contribution in [1.29, 1.82) is 0 Å². The minimum Gasteiger partial charge on any atom is -0.493 e. The van der Waals surface area contributed by atoms with Crippen LogP contribution in [0.15, 0.2) is 72.8 Å². The van der Waals surface area contributed by atoms with E-state index in [9.17, 15) is 14.4 Å². The van der Waals surface area contributed by atoms with Gasteiger partial charge in [0.05, 0.1) is 39.1 Å². The van der Waals surface area contributed by atoms with Crippen LogP contribution in [0, 0.1) is 0 Å². The van der Waals surface area contributed by atoms with Crippen LogP contribution in [0.2, 0.25) is 0 Å². The number of carbonyl (C=O) groups excluding carboxylic acids is 3. The molecule has 0 aliphatic heterocycles. The minimum atomic E-state index is -0.653. The van der Waals surface area contributed by atoms with Gasteiger partial charge in [-0.05, 0) is 34.7 Å². The van der Waals surface area contributed by atoms with Crippen molar-refractivity contribution < 1.29 is 38.1 Å². The Kier molecular flexibility index (Phi) is 9.37. The predicted molar refractivity (Wildman–Crippen MR) is 170 cm³/mol. The summed E-state index contributed by atoms with van der Waals surface area (Å²) in [6, 6.07) is 21.9. The molecular formula is C34H33N3O8. The van der Waals surface area contributed by atoms with Crippen molar-refractivity contribution in [1.82, 2.24) is 4.98 Å². The van der Waals surface area contributed by atoms with Gasteiger partial charge in [-0.1, -0.05) is 54.6 Å². The van der Waals surface area contributed by atoms with Gasteiger partial charge in [0.1, 0.15) is 12.3 Å². The fraction of sp³-hybridized carbons (Fsp3) is 0.206. The lowest BCUT2D eigenvalue weighted by Gasteiger charge is -2.18. The maximum Gasteiger partial charge on any atom is 0.411 e. The van der Waals surface area contributed by atoms with E-state index < -0.39 is 18.0 Å². The first-order valence-corrected chi connectivity index (χ1v) is 14.1. The van der Waals surface area contributed by atoms with Crippen molar-refractivity contribution in [2.24, 2.45) is 0 Å². The van der Waals surface area contributed by atoms with Gasteiger partial charge in [0.25, 0.3) is 5.91 Å². The van der Waals surface area contributed by atoms with Crippen LogP contribution in [-0.4, -0.2) is 50.9 Å². The van der Waals surface area contributed by atoms with Gasteiger partial charge in [0.2, 0.25) is 5.75 Å². The average Bonchev–Trinajstić information content (AvgIpc) is 3.48. The number of hydrogen-bond acceptors (Lipinski definition) is 8. The van der Waals surface area contributed by atoms with E-state index in [0.29, 0.717) is 45.9 Å². The summed E-state index contributed by atoms with van der Waals surface area (Å²) >= 11 is 0. The van der Waals surface area contributed by atoms with Crippen molar-refractivity contribution in [3.05, 3.63) is 89.6 Å². The number of aromatic nitrogens is 1. The predicted octanol–water partition coefficient (Wildman–Crippen LogP) is 6.45. The number of fused-ring (bicyclic) bond motifs is 2. The van der Waals surface area contributed by atoms with Gasteiger partial charge < -0.3 is 34.0 Å². The van der Waals surface area contributed by atoms with Gasteiger partial charge in [-0.15, -0.1) is 0 Å². The van der Waals surface area contributed by atoms with Crippen LogP contribution in [0.1, 0.15) is 28.5 Å². The summed E-state index contributed by atoms with van der Waals surface area (Å²) in [5, 5.41) is 7.95. The maximum absolute atomic E-state index is 13.7. The van der Waals surface area contributed by atoms with E-state index in [1.165, 1.54) is 28.3 Å². The molecule has 232 valence electrons. The molecule has 0 spiro atoms. The van der Waals surface area contributed by atoms with Crippen LogP contribution in [0.3, 0.4) is 0 Å². The van der Waals surface area contributed by atoms with E-state index >= 15 is 0 Å². The molecule has 3 N–H and O–H groups in total. The molecule has 1 aromatic heterocycles. The molecule has 0 aliphatic carbocycles. The largest absolute Gasteiger partial charge is 0.493 e. The Bertz CT molecular complexity index is 1870. The molecule has 5 aromatic rings. The van der Waals surface area contributed by atoms with Crippen molar-refractivity contribution >= 4 is 51.0 Å². The lowest BCUT2D eigenvalue weighted by molar-refractivity contribution is -0.140. The summed E-state index contributed by atoms with van der Waals surface area (Å²) in [7, 11) is 4.52. The molecule has 0 bridgehead atoms. The SMILES string of the molecule is COc1cc2cc(C(=O)Nc3cc(NC(=O)OCc4ccccc4)c4ccccc4c3CCOC(C)=O)[nH]c2c(OC)c1OC. The highest BCUT2D eigenvalue weighted by Gasteiger charge is 2.22. The number of rotatable bonds is 11. The summed E-state index contributed by atoms with van der Waals surface area (Å²) in [6.07, 6.45) is -0.344. The molecule has 0 aliphatic rings. The molecule has 11 heteroatoms. The van der Waals surface area contributed by atoms with E-state index in [4.69, 9.17) is 23.7 Å². The number of hydrogen-bond donors (Lipinski definition) is 3. The Hall–Kier alpha value is -5.71. The Morgan fingerprint density at radius 1 is 0.756 bits per heavy atom. The fourth-order valence-electron chi connectivity index (χ4n) is 5.14. The molecule has 0 saturated heterocycles. The van der Waals surface area contributed by atoms with E-state index in [-0.39, 0.29) is 18.9 Å². The van der Waals surface area contributed by atoms with Crippen molar-refractivity contribution in [2.75, 3.05) is 38.6 Å². The standard InChI is InChI=1S/C34H33N3O8/c1-20(38)44-15-14-25-23-12-8-9-13-24(23)27(37-34(40)45-19-21-10-6-5-7-11-21)18-26(25)36-33(39)28-16-22-17-29(41-2)31(42-3)32(43-4)30(22)35-28/h5-13,16-18,35H,14-15,19H2,1-4H3,(H,36,39)(H,37,40). The Balaban J connectivity index is 1.51. The quantitative estimate of drug-likeness (QED) is 0.145. The molecule has 0 unspecified atom stereocenters. The van der Waals surface area contributed by atoms with Crippen LogP contribution in [-0.2, 0) is 27.3 Å². The molecule has 2 amide bonds. The van der Waals surface area contributed by atoms with Gasteiger partial charge in [-0.3, -0.25) is 14.9 Å².